The summed E-state index contributed by atoms with van der Waals surface area (Å²) in [7, 11) is 0. The number of allylic oxidation sites excluding steroid dienone is 1. The Labute approximate surface area is 103 Å². The third-order valence-corrected chi connectivity index (χ3v) is 3.37. The molecule has 0 aromatic rings. The molecule has 90 valence electrons. The van der Waals surface area contributed by atoms with Crippen molar-refractivity contribution in [2.75, 3.05) is 13.1 Å². The summed E-state index contributed by atoms with van der Waals surface area (Å²) >= 11 is 6.05. The van der Waals surface area contributed by atoms with Gasteiger partial charge < -0.3 is 4.90 Å². The van der Waals surface area contributed by atoms with E-state index in [1.165, 1.54) is 6.08 Å². The van der Waals surface area contributed by atoms with Gasteiger partial charge in [0.15, 0.2) is 0 Å². The summed E-state index contributed by atoms with van der Waals surface area (Å²) in [5, 5.41) is 10.9. The number of halogens is 1. The highest BCUT2D eigenvalue weighted by molar-refractivity contribution is 6.33. The molecule has 0 spiro atoms. The van der Waals surface area contributed by atoms with Gasteiger partial charge in [0.1, 0.15) is 11.5 Å². The minimum atomic E-state index is -1.17. The van der Waals surface area contributed by atoms with Gasteiger partial charge in [-0.25, -0.2) is 4.79 Å². The minimum Gasteiger partial charge on any atom is -0.370 e. The Kier molecular flexibility index (Phi) is 3.31. The zero-order chi connectivity index (χ0) is 12.4. The van der Waals surface area contributed by atoms with Crippen LogP contribution >= 0.6 is 11.6 Å². The van der Waals surface area contributed by atoms with Crippen LogP contribution in [-0.2, 0) is 4.79 Å². The summed E-state index contributed by atoms with van der Waals surface area (Å²) in [5.74, 6) is 1.60. The van der Waals surface area contributed by atoms with E-state index in [9.17, 15) is 14.9 Å². The van der Waals surface area contributed by atoms with Crippen LogP contribution in [0.15, 0.2) is 28.5 Å². The predicted octanol–water partition coefficient (Wildman–Crippen LogP) is 1.51. The molecule has 1 aliphatic carbocycles. The lowest BCUT2D eigenvalue weighted by atomic mass is 10.0. The van der Waals surface area contributed by atoms with E-state index in [0.29, 0.717) is 5.70 Å². The number of carbonyl (C=O) groups excluding carboxylic acids is 1. The number of likely N-dealkylation sites (tertiary alicyclic amines) is 1. The summed E-state index contributed by atoms with van der Waals surface area (Å²) in [4.78, 5) is 23.1. The fraction of sp³-hybridized carbons (Fsp3) is 0.455. The number of nitro groups is 1. The maximum atomic E-state index is 10.8. The highest BCUT2D eigenvalue weighted by Crippen LogP contribution is 2.31. The first-order valence-electron chi connectivity index (χ1n) is 5.37. The van der Waals surface area contributed by atoms with Crippen molar-refractivity contribution in [2.45, 2.75) is 18.9 Å². The molecule has 1 heterocycles. The van der Waals surface area contributed by atoms with Crippen LogP contribution in [0.2, 0.25) is 0 Å². The molecule has 0 N–H and O–H groups in total. The van der Waals surface area contributed by atoms with Crippen LogP contribution < -0.4 is 0 Å². The normalized spacial score (nSPS) is 24.2. The van der Waals surface area contributed by atoms with Crippen molar-refractivity contribution in [3.05, 3.63) is 38.6 Å². The maximum absolute atomic E-state index is 10.8. The molecule has 6 heteroatoms. The van der Waals surface area contributed by atoms with Crippen LogP contribution in [0.5, 0.6) is 0 Å². The molecule has 1 unspecified atom stereocenters. The average Bonchev–Trinajstić information content (AvgIpc) is 2.81. The second-order valence-electron chi connectivity index (χ2n) is 4.00. The zero-order valence-corrected chi connectivity index (χ0v) is 9.81. The lowest BCUT2D eigenvalue weighted by Crippen LogP contribution is -2.27. The first-order valence-corrected chi connectivity index (χ1v) is 5.74. The Hall–Kier alpha value is -1.58. The minimum absolute atomic E-state index is 0.0823. The quantitative estimate of drug-likeness (QED) is 0.426. The van der Waals surface area contributed by atoms with Gasteiger partial charge in [-0.1, -0.05) is 11.6 Å². The van der Waals surface area contributed by atoms with Crippen LogP contribution in [0.4, 0.5) is 0 Å². The van der Waals surface area contributed by atoms with Crippen molar-refractivity contribution in [1.82, 2.24) is 4.90 Å². The van der Waals surface area contributed by atoms with Crippen LogP contribution in [0, 0.1) is 10.1 Å². The molecule has 5 nitrogen and oxygen atoms in total. The van der Waals surface area contributed by atoms with E-state index in [1.54, 1.807) is 12.0 Å². The van der Waals surface area contributed by atoms with Crippen molar-refractivity contribution in [3.63, 3.8) is 0 Å². The second kappa shape index (κ2) is 4.73. The molecule has 2 rings (SSSR count). The molecule has 0 aromatic heterocycles. The van der Waals surface area contributed by atoms with Gasteiger partial charge in [-0.3, -0.25) is 10.1 Å². The van der Waals surface area contributed by atoms with Gasteiger partial charge in [-0.05, 0) is 25.0 Å². The fourth-order valence-electron chi connectivity index (χ4n) is 2.10. The van der Waals surface area contributed by atoms with E-state index in [-0.39, 0.29) is 10.6 Å². The fourth-order valence-corrected chi connectivity index (χ4v) is 2.44. The Morgan fingerprint density at radius 2 is 2.12 bits per heavy atom. The molecule has 2 aliphatic rings. The first kappa shape index (κ1) is 11.9. The van der Waals surface area contributed by atoms with Gasteiger partial charge in [0.25, 0.3) is 6.04 Å². The smallest absolute Gasteiger partial charge is 0.268 e. The summed E-state index contributed by atoms with van der Waals surface area (Å²) in [6, 6.07) is -1.17. The molecule has 0 bridgehead atoms. The molecule has 1 saturated heterocycles. The van der Waals surface area contributed by atoms with Gasteiger partial charge in [-0.2, -0.15) is 0 Å². The van der Waals surface area contributed by atoms with Crippen LogP contribution in [0.1, 0.15) is 12.8 Å². The number of nitrogens with zero attached hydrogens (tertiary/aromatic N) is 2. The summed E-state index contributed by atoms with van der Waals surface area (Å²) < 4.78 is 0. The number of hydrogen-bond donors (Lipinski definition) is 0. The molecule has 0 saturated carbocycles. The predicted molar refractivity (Wildman–Crippen MR) is 62.8 cm³/mol. The summed E-state index contributed by atoms with van der Waals surface area (Å²) in [5.41, 5.74) is 0.613. The summed E-state index contributed by atoms with van der Waals surface area (Å²) in [6.45, 7) is 1.73. The first-order chi connectivity index (χ1) is 8.15. The SMILES string of the molecule is O=C=C1C(Cl)=C(N2CCCC2)C=CC1[N+](=O)[O-]. The Morgan fingerprint density at radius 1 is 1.47 bits per heavy atom. The highest BCUT2D eigenvalue weighted by Gasteiger charge is 2.33. The van der Waals surface area contributed by atoms with Crippen molar-refractivity contribution in [2.24, 2.45) is 0 Å². The van der Waals surface area contributed by atoms with Crippen molar-refractivity contribution >= 4 is 17.5 Å². The van der Waals surface area contributed by atoms with Crippen LogP contribution in [0.3, 0.4) is 0 Å². The molecule has 0 aromatic carbocycles. The molecule has 1 fully saturated rings. The number of hydrogen-bond acceptors (Lipinski definition) is 4. The van der Waals surface area contributed by atoms with Gasteiger partial charge in [0.2, 0.25) is 0 Å². The summed E-state index contributed by atoms with van der Waals surface area (Å²) in [6.07, 6.45) is 5.16. The topological polar surface area (TPSA) is 63.5 Å². The average molecular weight is 255 g/mol. The van der Waals surface area contributed by atoms with Gasteiger partial charge >= 0.3 is 0 Å². The van der Waals surface area contributed by atoms with Gasteiger partial charge in [-0.15, -0.1) is 0 Å². The van der Waals surface area contributed by atoms with E-state index in [0.717, 1.165) is 25.9 Å². The van der Waals surface area contributed by atoms with E-state index in [4.69, 9.17) is 11.6 Å². The van der Waals surface area contributed by atoms with E-state index in [2.05, 4.69) is 0 Å². The third kappa shape index (κ3) is 2.12. The van der Waals surface area contributed by atoms with E-state index >= 15 is 0 Å². The Morgan fingerprint density at radius 3 is 2.65 bits per heavy atom. The molecule has 17 heavy (non-hydrogen) atoms. The highest BCUT2D eigenvalue weighted by atomic mass is 35.5. The second-order valence-corrected chi connectivity index (χ2v) is 4.38. The maximum Gasteiger partial charge on any atom is 0.268 e. The Bertz CT molecular complexity index is 457. The van der Waals surface area contributed by atoms with Crippen molar-refractivity contribution in [3.8, 4) is 0 Å². The van der Waals surface area contributed by atoms with Crippen molar-refractivity contribution in [1.29, 1.82) is 0 Å². The van der Waals surface area contributed by atoms with E-state index < -0.39 is 11.0 Å². The van der Waals surface area contributed by atoms with Crippen LogP contribution in [-0.4, -0.2) is 34.9 Å². The standard InChI is InChI=1S/C11H11ClN2O3/c12-11-8(7-15)9(14(16)17)3-4-10(11)13-5-1-2-6-13/h3-4,9H,1-2,5-6H2. The molecular formula is C11H11ClN2O3. The molecule has 0 amide bonds. The molecular weight excluding hydrogens is 244 g/mol. The third-order valence-electron chi connectivity index (χ3n) is 2.98. The zero-order valence-electron chi connectivity index (χ0n) is 9.06. The molecule has 1 aliphatic heterocycles. The van der Waals surface area contributed by atoms with Gasteiger partial charge in [0.05, 0.1) is 10.7 Å². The molecule has 1 atom stereocenters. The Balaban J connectivity index is 2.36. The molecule has 0 radical (unpaired) electrons. The monoisotopic (exact) mass is 254 g/mol. The van der Waals surface area contributed by atoms with Gasteiger partial charge in [0, 0.05) is 18.0 Å². The van der Waals surface area contributed by atoms with Crippen molar-refractivity contribution < 1.29 is 9.72 Å². The largest absolute Gasteiger partial charge is 0.370 e. The number of rotatable bonds is 2. The van der Waals surface area contributed by atoms with E-state index in [1.807, 2.05) is 4.90 Å². The lowest BCUT2D eigenvalue weighted by Gasteiger charge is -2.23. The van der Waals surface area contributed by atoms with Crippen LogP contribution in [0.25, 0.3) is 0 Å². The lowest BCUT2D eigenvalue weighted by molar-refractivity contribution is -0.498.